The molecule has 18 heavy (non-hydrogen) atoms. The molecule has 100 valence electrons. The van der Waals surface area contributed by atoms with Gasteiger partial charge in [0.05, 0.1) is 17.1 Å². The zero-order valence-corrected chi connectivity index (χ0v) is 12.2. The molecule has 0 bridgehead atoms. The van der Waals surface area contributed by atoms with Gasteiger partial charge in [0.25, 0.3) is 5.91 Å². The summed E-state index contributed by atoms with van der Waals surface area (Å²) in [5.74, 6) is 0.399. The van der Waals surface area contributed by atoms with Gasteiger partial charge >= 0.3 is 0 Å². The van der Waals surface area contributed by atoms with E-state index in [4.69, 9.17) is 9.84 Å². The molecular weight excluding hydrogens is 298 g/mol. The number of carbonyl (C=O) groups is 1. The fourth-order valence-corrected chi connectivity index (χ4v) is 2.02. The molecule has 1 atom stereocenters. The Balaban J connectivity index is 2.47. The number of aliphatic hydroxyl groups is 1. The summed E-state index contributed by atoms with van der Waals surface area (Å²) in [5, 5.41) is 11.7. The number of rotatable bonds is 6. The van der Waals surface area contributed by atoms with E-state index in [1.54, 1.807) is 0 Å². The number of aliphatic hydroxyl groups excluding tert-OH is 1. The smallest absolute Gasteiger partial charge is 0.258 e. The van der Waals surface area contributed by atoms with Gasteiger partial charge in [0.1, 0.15) is 5.75 Å². The fraction of sp³-hybridized carbons (Fsp3) is 0.462. The van der Waals surface area contributed by atoms with Gasteiger partial charge in [0, 0.05) is 0 Å². The van der Waals surface area contributed by atoms with Crippen LogP contribution in [0, 0.1) is 6.92 Å². The maximum atomic E-state index is 11.6. The highest BCUT2D eigenvalue weighted by Crippen LogP contribution is 2.25. The van der Waals surface area contributed by atoms with Crippen LogP contribution >= 0.6 is 15.9 Å². The van der Waals surface area contributed by atoms with Gasteiger partial charge in [-0.05, 0) is 47.0 Å². The number of nitrogens with one attached hydrogen (secondary N) is 1. The van der Waals surface area contributed by atoms with E-state index in [1.165, 1.54) is 0 Å². The third-order valence-electron chi connectivity index (χ3n) is 2.52. The zero-order chi connectivity index (χ0) is 13.5. The van der Waals surface area contributed by atoms with Gasteiger partial charge in [-0.2, -0.15) is 0 Å². The van der Waals surface area contributed by atoms with Crippen molar-refractivity contribution in [2.24, 2.45) is 0 Å². The molecule has 0 saturated heterocycles. The standard InChI is InChI=1S/C13H18BrNO3/c1-3-10(7-16)15-13(17)8-18-12-5-4-9(2)6-11(12)14/h4-6,10,16H,3,7-8H2,1-2H3,(H,15,17)/t10-/m0/s1. The maximum Gasteiger partial charge on any atom is 0.258 e. The van der Waals surface area contributed by atoms with Gasteiger partial charge in [-0.25, -0.2) is 0 Å². The zero-order valence-electron chi connectivity index (χ0n) is 10.6. The normalized spacial score (nSPS) is 12.0. The number of ether oxygens (including phenoxy) is 1. The molecule has 1 aromatic rings. The van der Waals surface area contributed by atoms with Crippen LogP contribution in [0.5, 0.6) is 5.75 Å². The lowest BCUT2D eigenvalue weighted by atomic mass is 10.2. The van der Waals surface area contributed by atoms with Crippen molar-refractivity contribution in [3.8, 4) is 5.75 Å². The van der Waals surface area contributed by atoms with E-state index in [9.17, 15) is 4.79 Å². The van der Waals surface area contributed by atoms with Crippen LogP contribution in [0.3, 0.4) is 0 Å². The largest absolute Gasteiger partial charge is 0.483 e. The first-order valence-corrected chi connectivity index (χ1v) is 6.65. The Morgan fingerprint density at radius 3 is 2.83 bits per heavy atom. The van der Waals surface area contributed by atoms with Crippen LogP contribution in [0.25, 0.3) is 0 Å². The average molecular weight is 316 g/mol. The molecule has 2 N–H and O–H groups in total. The molecule has 0 spiro atoms. The van der Waals surface area contributed by atoms with Crippen LogP contribution in [-0.2, 0) is 4.79 Å². The van der Waals surface area contributed by atoms with Crippen LogP contribution in [0.2, 0.25) is 0 Å². The molecule has 0 radical (unpaired) electrons. The first-order valence-electron chi connectivity index (χ1n) is 5.86. The molecule has 4 nitrogen and oxygen atoms in total. The van der Waals surface area contributed by atoms with E-state index in [0.29, 0.717) is 12.2 Å². The number of amides is 1. The number of carbonyl (C=O) groups excluding carboxylic acids is 1. The quantitative estimate of drug-likeness (QED) is 0.844. The SMILES string of the molecule is CC[C@@H](CO)NC(=O)COc1ccc(C)cc1Br. The molecule has 1 aromatic carbocycles. The van der Waals surface area contributed by atoms with Crippen LogP contribution in [0.1, 0.15) is 18.9 Å². The summed E-state index contributed by atoms with van der Waals surface area (Å²) in [4.78, 5) is 11.6. The Hall–Kier alpha value is -1.07. The second kappa shape index (κ2) is 7.38. The Morgan fingerprint density at radius 2 is 2.28 bits per heavy atom. The summed E-state index contributed by atoms with van der Waals surface area (Å²) in [6, 6.07) is 5.45. The highest BCUT2D eigenvalue weighted by Gasteiger charge is 2.10. The molecule has 1 amide bonds. The highest BCUT2D eigenvalue weighted by molar-refractivity contribution is 9.10. The number of hydrogen-bond acceptors (Lipinski definition) is 3. The Kier molecular flexibility index (Phi) is 6.15. The van der Waals surface area contributed by atoms with Gasteiger partial charge in [-0.3, -0.25) is 4.79 Å². The molecule has 0 fully saturated rings. The third-order valence-corrected chi connectivity index (χ3v) is 3.14. The van der Waals surface area contributed by atoms with Crippen molar-refractivity contribution in [1.29, 1.82) is 0 Å². The van der Waals surface area contributed by atoms with Gasteiger partial charge < -0.3 is 15.2 Å². The summed E-state index contributed by atoms with van der Waals surface area (Å²) >= 11 is 3.38. The van der Waals surface area contributed by atoms with Crippen molar-refractivity contribution < 1.29 is 14.6 Å². The minimum Gasteiger partial charge on any atom is -0.483 e. The Labute approximate surface area is 115 Å². The predicted octanol–water partition coefficient (Wildman–Crippen LogP) is 2.02. The average Bonchev–Trinajstić information content (AvgIpc) is 2.35. The second-order valence-electron chi connectivity index (χ2n) is 4.08. The molecule has 0 aliphatic rings. The summed E-state index contributed by atoms with van der Waals surface area (Å²) < 4.78 is 6.23. The number of halogens is 1. The number of benzene rings is 1. The molecule has 5 heteroatoms. The summed E-state index contributed by atoms with van der Waals surface area (Å²) in [6.45, 7) is 3.77. The van der Waals surface area contributed by atoms with Crippen molar-refractivity contribution in [3.63, 3.8) is 0 Å². The molecule has 0 aliphatic carbocycles. The Morgan fingerprint density at radius 1 is 1.56 bits per heavy atom. The van der Waals surface area contributed by atoms with Crippen LogP contribution < -0.4 is 10.1 Å². The molecule has 0 heterocycles. The molecular formula is C13H18BrNO3. The minimum absolute atomic E-state index is 0.0574. The molecule has 0 aromatic heterocycles. The van der Waals surface area contributed by atoms with Crippen LogP contribution in [0.15, 0.2) is 22.7 Å². The first kappa shape index (κ1) is 15.0. The summed E-state index contributed by atoms with van der Waals surface area (Å²) in [6.07, 6.45) is 0.691. The highest BCUT2D eigenvalue weighted by atomic mass is 79.9. The van der Waals surface area contributed by atoms with E-state index in [-0.39, 0.29) is 25.2 Å². The second-order valence-corrected chi connectivity index (χ2v) is 4.93. The van der Waals surface area contributed by atoms with E-state index >= 15 is 0 Å². The molecule has 0 unspecified atom stereocenters. The van der Waals surface area contributed by atoms with Gasteiger partial charge in [-0.1, -0.05) is 13.0 Å². The van der Waals surface area contributed by atoms with Gasteiger partial charge in [0.2, 0.25) is 0 Å². The topological polar surface area (TPSA) is 58.6 Å². The van der Waals surface area contributed by atoms with Gasteiger partial charge in [0.15, 0.2) is 6.61 Å². The van der Waals surface area contributed by atoms with Crippen molar-refractivity contribution in [2.75, 3.05) is 13.2 Å². The van der Waals surface area contributed by atoms with Crippen LogP contribution in [0.4, 0.5) is 0 Å². The van der Waals surface area contributed by atoms with Crippen molar-refractivity contribution >= 4 is 21.8 Å². The lowest BCUT2D eigenvalue weighted by Crippen LogP contribution is -2.39. The predicted molar refractivity (Wildman–Crippen MR) is 73.7 cm³/mol. The van der Waals surface area contributed by atoms with Gasteiger partial charge in [-0.15, -0.1) is 0 Å². The Bertz CT molecular complexity index is 405. The first-order chi connectivity index (χ1) is 8.56. The monoisotopic (exact) mass is 315 g/mol. The lowest BCUT2D eigenvalue weighted by molar-refractivity contribution is -0.124. The van der Waals surface area contributed by atoms with E-state index in [1.807, 2.05) is 32.0 Å². The number of hydrogen-bond donors (Lipinski definition) is 2. The van der Waals surface area contributed by atoms with Crippen molar-refractivity contribution in [1.82, 2.24) is 5.32 Å². The van der Waals surface area contributed by atoms with E-state index in [2.05, 4.69) is 21.2 Å². The maximum absolute atomic E-state index is 11.6. The van der Waals surface area contributed by atoms with Crippen LogP contribution in [-0.4, -0.2) is 30.3 Å². The number of aryl methyl sites for hydroxylation is 1. The molecule has 1 rings (SSSR count). The molecule has 0 saturated carbocycles. The van der Waals surface area contributed by atoms with Crippen molar-refractivity contribution in [2.45, 2.75) is 26.3 Å². The summed E-state index contributed by atoms with van der Waals surface area (Å²) in [5.41, 5.74) is 1.12. The fourth-order valence-electron chi connectivity index (χ4n) is 1.41. The van der Waals surface area contributed by atoms with E-state index < -0.39 is 0 Å². The summed E-state index contributed by atoms with van der Waals surface area (Å²) in [7, 11) is 0. The third kappa shape index (κ3) is 4.66. The van der Waals surface area contributed by atoms with E-state index in [0.717, 1.165) is 10.0 Å². The van der Waals surface area contributed by atoms with Crippen molar-refractivity contribution in [3.05, 3.63) is 28.2 Å². The minimum atomic E-state index is -0.233. The lowest BCUT2D eigenvalue weighted by Gasteiger charge is -2.14. The molecule has 0 aliphatic heterocycles.